The van der Waals surface area contributed by atoms with E-state index in [2.05, 4.69) is 5.32 Å². The molecule has 0 radical (unpaired) electrons. The van der Waals surface area contributed by atoms with Crippen molar-refractivity contribution in [3.05, 3.63) is 63.7 Å². The molecule has 0 aromatic heterocycles. The van der Waals surface area contributed by atoms with Crippen LogP contribution in [0.3, 0.4) is 0 Å². The topological polar surface area (TPSA) is 111 Å². The zero-order valence-corrected chi connectivity index (χ0v) is 15.2. The molecule has 2 amide bonds. The van der Waals surface area contributed by atoms with Crippen LogP contribution in [0.1, 0.15) is 20.7 Å². The minimum atomic E-state index is -0.585. The number of non-ortho nitro benzene ring substituents is 1. The van der Waals surface area contributed by atoms with Crippen LogP contribution in [0.2, 0.25) is 0 Å². The summed E-state index contributed by atoms with van der Waals surface area (Å²) in [5, 5.41) is 13.6. The van der Waals surface area contributed by atoms with Crippen molar-refractivity contribution in [3.63, 3.8) is 0 Å². The second kappa shape index (κ2) is 8.49. The summed E-state index contributed by atoms with van der Waals surface area (Å²) in [5.74, 6) is -0.507. The van der Waals surface area contributed by atoms with Gasteiger partial charge >= 0.3 is 0 Å². The molecule has 0 saturated carbocycles. The summed E-state index contributed by atoms with van der Waals surface area (Å²) in [6.07, 6.45) is 0. The van der Waals surface area contributed by atoms with E-state index in [-0.39, 0.29) is 22.9 Å². The monoisotopic (exact) mass is 385 g/mol. The normalized spacial score (nSPS) is 13.7. The smallest absolute Gasteiger partial charge is 0.270 e. The van der Waals surface area contributed by atoms with Gasteiger partial charge in [-0.15, -0.1) is 0 Å². The highest BCUT2D eigenvalue weighted by Gasteiger charge is 2.20. The fraction of sp³-hybridized carbons (Fsp3) is 0.263. The number of rotatable bonds is 5. The zero-order chi connectivity index (χ0) is 20.1. The van der Waals surface area contributed by atoms with E-state index in [0.29, 0.717) is 37.6 Å². The van der Waals surface area contributed by atoms with Gasteiger partial charge in [0.05, 0.1) is 30.8 Å². The molecule has 1 N–H and O–H groups in total. The number of amides is 2. The molecule has 2 aromatic rings. The molecule has 146 valence electrons. The SMILES string of the molecule is COc1ccc([N+](=O)[O-])cc1C(=O)Nc1cccc(C(=O)N2CCOCC2)c1. The van der Waals surface area contributed by atoms with Gasteiger partial charge in [-0.25, -0.2) is 0 Å². The van der Waals surface area contributed by atoms with Crippen LogP contribution >= 0.6 is 0 Å². The highest BCUT2D eigenvalue weighted by molar-refractivity contribution is 6.07. The van der Waals surface area contributed by atoms with Crippen LogP contribution in [0.25, 0.3) is 0 Å². The van der Waals surface area contributed by atoms with E-state index in [4.69, 9.17) is 9.47 Å². The van der Waals surface area contributed by atoms with Gasteiger partial charge in [-0.3, -0.25) is 19.7 Å². The number of nitrogens with zero attached hydrogens (tertiary/aromatic N) is 2. The summed E-state index contributed by atoms with van der Waals surface area (Å²) in [4.78, 5) is 37.3. The minimum absolute atomic E-state index is 0.0293. The van der Waals surface area contributed by atoms with E-state index < -0.39 is 10.8 Å². The summed E-state index contributed by atoms with van der Waals surface area (Å²) >= 11 is 0. The van der Waals surface area contributed by atoms with Gasteiger partial charge < -0.3 is 19.7 Å². The maximum atomic E-state index is 12.6. The Balaban J connectivity index is 1.80. The van der Waals surface area contributed by atoms with Crippen molar-refractivity contribution in [2.24, 2.45) is 0 Å². The number of nitro groups is 1. The number of carbonyl (C=O) groups excluding carboxylic acids is 2. The first kappa shape index (κ1) is 19.3. The van der Waals surface area contributed by atoms with Crippen molar-refractivity contribution in [2.45, 2.75) is 0 Å². The van der Waals surface area contributed by atoms with Crippen LogP contribution < -0.4 is 10.1 Å². The van der Waals surface area contributed by atoms with E-state index >= 15 is 0 Å². The number of ether oxygens (including phenoxy) is 2. The Morgan fingerprint density at radius 3 is 2.61 bits per heavy atom. The van der Waals surface area contributed by atoms with Gasteiger partial charge in [0.2, 0.25) is 0 Å². The zero-order valence-electron chi connectivity index (χ0n) is 15.2. The number of hydrogen-bond donors (Lipinski definition) is 1. The number of nitrogens with one attached hydrogen (secondary N) is 1. The van der Waals surface area contributed by atoms with Gasteiger partial charge in [-0.05, 0) is 24.3 Å². The first-order valence-electron chi connectivity index (χ1n) is 8.60. The fourth-order valence-corrected chi connectivity index (χ4v) is 2.86. The number of nitro benzene ring substituents is 1. The standard InChI is InChI=1S/C19H19N3O6/c1-27-17-6-5-15(22(25)26)12-16(17)18(23)20-14-4-2-3-13(11-14)19(24)21-7-9-28-10-8-21/h2-6,11-12H,7-10H2,1H3,(H,20,23). The van der Waals surface area contributed by atoms with Crippen molar-refractivity contribution >= 4 is 23.2 Å². The summed E-state index contributed by atoms with van der Waals surface area (Å²) < 4.78 is 10.4. The Bertz CT molecular complexity index is 908. The molecule has 3 rings (SSSR count). The van der Waals surface area contributed by atoms with Crippen molar-refractivity contribution in [3.8, 4) is 5.75 Å². The molecule has 0 atom stereocenters. The Kier molecular flexibility index (Phi) is 5.85. The molecule has 0 bridgehead atoms. The van der Waals surface area contributed by atoms with E-state index in [9.17, 15) is 19.7 Å². The Morgan fingerprint density at radius 1 is 1.18 bits per heavy atom. The number of anilines is 1. The molecule has 9 heteroatoms. The Morgan fingerprint density at radius 2 is 1.93 bits per heavy atom. The maximum absolute atomic E-state index is 12.6. The first-order valence-corrected chi connectivity index (χ1v) is 8.60. The lowest BCUT2D eigenvalue weighted by molar-refractivity contribution is -0.384. The molecular formula is C19H19N3O6. The molecule has 9 nitrogen and oxygen atoms in total. The predicted molar refractivity (Wildman–Crippen MR) is 101 cm³/mol. The molecule has 1 aliphatic rings. The second-order valence-corrected chi connectivity index (χ2v) is 6.08. The third-order valence-corrected chi connectivity index (χ3v) is 4.30. The third-order valence-electron chi connectivity index (χ3n) is 4.30. The minimum Gasteiger partial charge on any atom is -0.496 e. The predicted octanol–water partition coefficient (Wildman–Crippen LogP) is 2.33. The van der Waals surface area contributed by atoms with Gasteiger partial charge in [0.1, 0.15) is 5.75 Å². The second-order valence-electron chi connectivity index (χ2n) is 6.08. The Labute approximate surface area is 161 Å². The lowest BCUT2D eigenvalue weighted by Crippen LogP contribution is -2.40. The van der Waals surface area contributed by atoms with Crippen LogP contribution in [0.4, 0.5) is 11.4 Å². The number of morpholine rings is 1. The molecule has 28 heavy (non-hydrogen) atoms. The molecule has 0 unspecified atom stereocenters. The average Bonchev–Trinajstić information content (AvgIpc) is 2.73. The molecule has 1 aliphatic heterocycles. The van der Waals surface area contributed by atoms with E-state index in [1.54, 1.807) is 29.2 Å². The molecule has 0 spiro atoms. The van der Waals surface area contributed by atoms with Crippen LogP contribution in [0.15, 0.2) is 42.5 Å². The summed E-state index contributed by atoms with van der Waals surface area (Å²) in [6, 6.07) is 10.3. The maximum Gasteiger partial charge on any atom is 0.270 e. The highest BCUT2D eigenvalue weighted by Crippen LogP contribution is 2.25. The lowest BCUT2D eigenvalue weighted by atomic mass is 10.1. The van der Waals surface area contributed by atoms with Gasteiger partial charge in [-0.2, -0.15) is 0 Å². The van der Waals surface area contributed by atoms with Gasteiger partial charge in [-0.1, -0.05) is 6.07 Å². The quantitative estimate of drug-likeness (QED) is 0.625. The average molecular weight is 385 g/mol. The summed E-state index contributed by atoms with van der Waals surface area (Å²) in [5.41, 5.74) is 0.646. The van der Waals surface area contributed by atoms with Gasteiger partial charge in [0, 0.05) is 36.5 Å². The number of carbonyl (C=O) groups is 2. The van der Waals surface area contributed by atoms with Crippen molar-refractivity contribution in [1.82, 2.24) is 4.90 Å². The highest BCUT2D eigenvalue weighted by atomic mass is 16.6. The first-order chi connectivity index (χ1) is 13.5. The van der Waals surface area contributed by atoms with Crippen LogP contribution in [-0.2, 0) is 4.74 Å². The third kappa shape index (κ3) is 4.26. The lowest BCUT2D eigenvalue weighted by Gasteiger charge is -2.27. The molecule has 0 aliphatic carbocycles. The van der Waals surface area contributed by atoms with Crippen LogP contribution in [0, 0.1) is 10.1 Å². The van der Waals surface area contributed by atoms with Gasteiger partial charge in [0.25, 0.3) is 17.5 Å². The van der Waals surface area contributed by atoms with Crippen LogP contribution in [-0.4, -0.2) is 55.1 Å². The van der Waals surface area contributed by atoms with E-state index in [1.807, 2.05) is 0 Å². The Hall–Kier alpha value is -3.46. The number of benzene rings is 2. The molecule has 1 heterocycles. The molecular weight excluding hydrogens is 366 g/mol. The van der Waals surface area contributed by atoms with Crippen molar-refractivity contribution in [2.75, 3.05) is 38.7 Å². The number of hydrogen-bond acceptors (Lipinski definition) is 6. The summed E-state index contributed by atoms with van der Waals surface area (Å²) in [6.45, 7) is 2.02. The van der Waals surface area contributed by atoms with Crippen molar-refractivity contribution in [1.29, 1.82) is 0 Å². The molecule has 2 aromatic carbocycles. The fourth-order valence-electron chi connectivity index (χ4n) is 2.86. The number of methoxy groups -OCH3 is 1. The largest absolute Gasteiger partial charge is 0.496 e. The van der Waals surface area contributed by atoms with Crippen LogP contribution in [0.5, 0.6) is 5.75 Å². The summed E-state index contributed by atoms with van der Waals surface area (Å²) in [7, 11) is 1.37. The molecule has 1 saturated heterocycles. The molecule has 1 fully saturated rings. The van der Waals surface area contributed by atoms with Gasteiger partial charge in [0.15, 0.2) is 0 Å². The van der Waals surface area contributed by atoms with Crippen molar-refractivity contribution < 1.29 is 24.0 Å². The van der Waals surface area contributed by atoms with E-state index in [0.717, 1.165) is 6.07 Å². The van der Waals surface area contributed by atoms with E-state index in [1.165, 1.54) is 19.2 Å².